The van der Waals surface area contributed by atoms with Crippen molar-refractivity contribution < 1.29 is 4.79 Å². The van der Waals surface area contributed by atoms with Gasteiger partial charge in [-0.05, 0) is 47.7 Å². The molecule has 1 saturated carbocycles. The second-order valence-electron chi connectivity index (χ2n) is 6.50. The van der Waals surface area contributed by atoms with Crippen LogP contribution < -0.4 is 0 Å². The van der Waals surface area contributed by atoms with Crippen molar-refractivity contribution in [2.45, 2.75) is 18.9 Å². The average molecular weight is 341 g/mol. The van der Waals surface area contributed by atoms with Gasteiger partial charge in [-0.2, -0.15) is 10.5 Å². The van der Waals surface area contributed by atoms with E-state index in [1.54, 1.807) is 29.2 Å². The van der Waals surface area contributed by atoms with Crippen molar-refractivity contribution in [2.75, 3.05) is 6.54 Å². The molecule has 0 unspecified atom stereocenters. The second-order valence-corrected chi connectivity index (χ2v) is 6.50. The zero-order valence-electron chi connectivity index (χ0n) is 14.4. The number of carbonyl (C=O) groups excluding carboxylic acids is 1. The summed E-state index contributed by atoms with van der Waals surface area (Å²) in [6.45, 7) is 4.70. The van der Waals surface area contributed by atoms with E-state index in [9.17, 15) is 4.79 Å². The van der Waals surface area contributed by atoms with Gasteiger partial charge in [0.15, 0.2) is 0 Å². The Morgan fingerprint density at radius 2 is 1.88 bits per heavy atom. The van der Waals surface area contributed by atoms with Gasteiger partial charge in [0.05, 0.1) is 23.3 Å². The molecule has 128 valence electrons. The number of benzene rings is 2. The normalized spacial score (nSPS) is 17.6. The molecule has 0 aromatic heterocycles. The Kier molecular flexibility index (Phi) is 5.15. The summed E-state index contributed by atoms with van der Waals surface area (Å²) < 4.78 is 0. The lowest BCUT2D eigenvalue weighted by molar-refractivity contribution is -0.132. The topological polar surface area (TPSA) is 67.9 Å². The van der Waals surface area contributed by atoms with Crippen molar-refractivity contribution in [3.8, 4) is 12.1 Å². The van der Waals surface area contributed by atoms with Crippen LogP contribution in [-0.4, -0.2) is 17.4 Å². The summed E-state index contributed by atoms with van der Waals surface area (Å²) >= 11 is 0. The van der Waals surface area contributed by atoms with Crippen LogP contribution in [0, 0.1) is 28.6 Å². The molecule has 1 aliphatic carbocycles. The second kappa shape index (κ2) is 7.68. The zero-order valence-corrected chi connectivity index (χ0v) is 14.4. The number of hydrogen-bond donors (Lipinski definition) is 0. The van der Waals surface area contributed by atoms with Crippen molar-refractivity contribution in [1.29, 1.82) is 10.5 Å². The molecule has 0 saturated heterocycles. The molecule has 1 aliphatic rings. The largest absolute Gasteiger partial charge is 0.334 e. The van der Waals surface area contributed by atoms with Gasteiger partial charge in [-0.1, -0.05) is 30.3 Å². The summed E-state index contributed by atoms with van der Waals surface area (Å²) in [4.78, 5) is 14.7. The smallest absolute Gasteiger partial charge is 0.226 e. The molecule has 2 aromatic rings. The summed E-state index contributed by atoms with van der Waals surface area (Å²) in [6, 6.07) is 19.0. The fourth-order valence-electron chi connectivity index (χ4n) is 3.22. The molecule has 0 aliphatic heterocycles. The molecular formula is C22H19N3O. The van der Waals surface area contributed by atoms with E-state index >= 15 is 0 Å². The molecule has 0 bridgehead atoms. The van der Waals surface area contributed by atoms with Crippen LogP contribution in [0.4, 0.5) is 0 Å². The fraction of sp³-hybridized carbons (Fsp3) is 0.227. The number of amides is 1. The highest BCUT2D eigenvalue weighted by atomic mass is 16.2. The monoisotopic (exact) mass is 341 g/mol. The molecule has 2 aromatic carbocycles. The van der Waals surface area contributed by atoms with Gasteiger partial charge in [0.2, 0.25) is 5.91 Å². The van der Waals surface area contributed by atoms with Gasteiger partial charge in [-0.3, -0.25) is 4.79 Å². The maximum absolute atomic E-state index is 12.9. The SMILES string of the molecule is C=CCN(Cc1cccc(C#N)c1)C(=O)[C@@H]1C[C@@H]1c1ccc(C#N)cc1. The quantitative estimate of drug-likeness (QED) is 0.752. The van der Waals surface area contributed by atoms with E-state index < -0.39 is 0 Å². The van der Waals surface area contributed by atoms with Crippen LogP contribution in [0.3, 0.4) is 0 Å². The van der Waals surface area contributed by atoms with Crippen LogP contribution in [-0.2, 0) is 11.3 Å². The van der Waals surface area contributed by atoms with E-state index in [4.69, 9.17) is 10.5 Å². The number of hydrogen-bond acceptors (Lipinski definition) is 3. The molecule has 4 nitrogen and oxygen atoms in total. The van der Waals surface area contributed by atoms with E-state index in [0.29, 0.717) is 24.2 Å². The third kappa shape index (κ3) is 3.82. The van der Waals surface area contributed by atoms with Crippen LogP contribution in [0.2, 0.25) is 0 Å². The fourth-order valence-corrected chi connectivity index (χ4v) is 3.22. The van der Waals surface area contributed by atoms with Crippen LogP contribution in [0.25, 0.3) is 0 Å². The molecule has 1 amide bonds. The minimum Gasteiger partial charge on any atom is -0.334 e. The lowest BCUT2D eigenvalue weighted by Crippen LogP contribution is -2.32. The first-order valence-corrected chi connectivity index (χ1v) is 8.55. The molecule has 4 heteroatoms. The number of nitriles is 2. The van der Waals surface area contributed by atoms with E-state index in [1.807, 2.05) is 30.3 Å². The molecule has 0 spiro atoms. The summed E-state index contributed by atoms with van der Waals surface area (Å²) in [7, 11) is 0. The highest BCUT2D eigenvalue weighted by molar-refractivity contribution is 5.83. The minimum atomic E-state index is -0.0259. The van der Waals surface area contributed by atoms with Crippen LogP contribution in [0.15, 0.2) is 61.2 Å². The predicted molar refractivity (Wildman–Crippen MR) is 98.8 cm³/mol. The number of nitrogens with zero attached hydrogens (tertiary/aromatic N) is 3. The van der Waals surface area contributed by atoms with Gasteiger partial charge < -0.3 is 4.90 Å². The Bertz CT molecular complexity index is 902. The van der Waals surface area contributed by atoms with Crippen molar-refractivity contribution in [1.82, 2.24) is 4.90 Å². The Labute approximate surface area is 153 Å². The van der Waals surface area contributed by atoms with E-state index in [1.165, 1.54) is 0 Å². The Balaban J connectivity index is 1.70. The lowest BCUT2D eigenvalue weighted by atomic mass is 10.1. The Morgan fingerprint density at radius 1 is 1.15 bits per heavy atom. The highest BCUT2D eigenvalue weighted by Gasteiger charge is 2.45. The predicted octanol–water partition coefficient (Wildman–Crippen LogP) is 3.75. The van der Waals surface area contributed by atoms with Crippen molar-refractivity contribution in [2.24, 2.45) is 5.92 Å². The molecular weight excluding hydrogens is 322 g/mol. The first-order valence-electron chi connectivity index (χ1n) is 8.55. The van der Waals surface area contributed by atoms with Crippen LogP contribution in [0.1, 0.15) is 34.6 Å². The van der Waals surface area contributed by atoms with Crippen molar-refractivity contribution in [3.63, 3.8) is 0 Å². The average Bonchev–Trinajstić information content (AvgIpc) is 3.48. The number of carbonyl (C=O) groups is 1. The molecule has 0 N–H and O–H groups in total. The van der Waals surface area contributed by atoms with Crippen molar-refractivity contribution in [3.05, 3.63) is 83.4 Å². The van der Waals surface area contributed by atoms with Crippen molar-refractivity contribution >= 4 is 5.91 Å². The van der Waals surface area contributed by atoms with Gasteiger partial charge in [-0.25, -0.2) is 0 Å². The first kappa shape index (κ1) is 17.5. The van der Waals surface area contributed by atoms with Crippen LogP contribution in [0.5, 0.6) is 0 Å². The van der Waals surface area contributed by atoms with Gasteiger partial charge in [0.25, 0.3) is 0 Å². The lowest BCUT2D eigenvalue weighted by Gasteiger charge is -2.21. The first-order chi connectivity index (χ1) is 12.7. The molecule has 3 rings (SSSR count). The summed E-state index contributed by atoms with van der Waals surface area (Å²) in [5.74, 6) is 0.302. The Hall–Kier alpha value is -3.37. The molecule has 0 radical (unpaired) electrons. The van der Waals surface area contributed by atoms with Gasteiger partial charge in [-0.15, -0.1) is 6.58 Å². The highest BCUT2D eigenvalue weighted by Crippen LogP contribution is 2.48. The van der Waals surface area contributed by atoms with Gasteiger partial charge in [0.1, 0.15) is 0 Å². The van der Waals surface area contributed by atoms with Gasteiger partial charge in [0, 0.05) is 19.0 Å². The van der Waals surface area contributed by atoms with E-state index in [-0.39, 0.29) is 17.7 Å². The molecule has 26 heavy (non-hydrogen) atoms. The third-order valence-electron chi connectivity index (χ3n) is 4.67. The third-order valence-corrected chi connectivity index (χ3v) is 4.67. The molecule has 0 heterocycles. The maximum atomic E-state index is 12.9. The zero-order chi connectivity index (χ0) is 18.5. The van der Waals surface area contributed by atoms with Crippen LogP contribution >= 0.6 is 0 Å². The number of rotatable bonds is 6. The summed E-state index contributed by atoms with van der Waals surface area (Å²) in [5, 5.41) is 17.9. The Morgan fingerprint density at radius 3 is 2.54 bits per heavy atom. The summed E-state index contributed by atoms with van der Waals surface area (Å²) in [6.07, 6.45) is 2.56. The standard InChI is InChI=1S/C22H19N3O/c1-2-10-25(15-18-5-3-4-17(11-18)14-24)22(26)21-12-20(21)19-8-6-16(13-23)7-9-19/h2-9,11,20-21H,1,10,12,15H2/t20-,21-/m1/s1. The summed E-state index contributed by atoms with van der Waals surface area (Å²) in [5.41, 5.74) is 3.26. The van der Waals surface area contributed by atoms with E-state index in [0.717, 1.165) is 17.5 Å². The maximum Gasteiger partial charge on any atom is 0.226 e. The van der Waals surface area contributed by atoms with Gasteiger partial charge >= 0.3 is 0 Å². The minimum absolute atomic E-state index is 0.0259. The van der Waals surface area contributed by atoms with E-state index in [2.05, 4.69) is 18.7 Å². The molecule has 2 atom stereocenters. The molecule has 1 fully saturated rings.